The third-order valence-corrected chi connectivity index (χ3v) is 1.91. The van der Waals surface area contributed by atoms with Crippen LogP contribution in [-0.2, 0) is 4.79 Å². The van der Waals surface area contributed by atoms with Crippen molar-refractivity contribution in [2.75, 3.05) is 11.9 Å². The SMILES string of the molecule is CCOc1cc(F)ccc1NC(=O)[C@@H](C)N. The van der Waals surface area contributed by atoms with Crippen molar-refractivity contribution in [3.63, 3.8) is 0 Å². The topological polar surface area (TPSA) is 64.3 Å². The fraction of sp³-hybridized carbons (Fsp3) is 0.364. The Morgan fingerprint density at radius 1 is 1.62 bits per heavy atom. The first-order valence-corrected chi connectivity index (χ1v) is 5.03. The highest BCUT2D eigenvalue weighted by Crippen LogP contribution is 2.25. The van der Waals surface area contributed by atoms with E-state index in [-0.39, 0.29) is 5.91 Å². The fourth-order valence-corrected chi connectivity index (χ4v) is 1.12. The van der Waals surface area contributed by atoms with Crippen molar-refractivity contribution in [2.45, 2.75) is 19.9 Å². The second-order valence-electron chi connectivity index (χ2n) is 3.35. The van der Waals surface area contributed by atoms with Crippen molar-refractivity contribution >= 4 is 11.6 Å². The summed E-state index contributed by atoms with van der Waals surface area (Å²) in [5.41, 5.74) is 5.83. The molecule has 16 heavy (non-hydrogen) atoms. The molecular weight excluding hydrogens is 211 g/mol. The predicted molar refractivity (Wildman–Crippen MR) is 59.8 cm³/mol. The Hall–Kier alpha value is -1.62. The average molecular weight is 226 g/mol. The minimum absolute atomic E-state index is 0.302. The molecule has 0 aliphatic rings. The molecule has 0 spiro atoms. The number of nitrogens with one attached hydrogen (secondary N) is 1. The smallest absolute Gasteiger partial charge is 0.241 e. The summed E-state index contributed by atoms with van der Waals surface area (Å²) < 4.78 is 18.2. The molecule has 0 fully saturated rings. The zero-order valence-electron chi connectivity index (χ0n) is 9.29. The molecule has 4 nitrogen and oxygen atoms in total. The molecule has 1 aromatic rings. The molecule has 0 unspecified atom stereocenters. The second kappa shape index (κ2) is 5.46. The van der Waals surface area contributed by atoms with Gasteiger partial charge in [-0.25, -0.2) is 4.39 Å². The van der Waals surface area contributed by atoms with E-state index < -0.39 is 11.9 Å². The number of anilines is 1. The summed E-state index contributed by atoms with van der Waals surface area (Å²) in [6.45, 7) is 3.74. The molecule has 3 N–H and O–H groups in total. The van der Waals surface area contributed by atoms with Gasteiger partial charge < -0.3 is 15.8 Å². The lowest BCUT2D eigenvalue weighted by Crippen LogP contribution is -2.32. The Balaban J connectivity index is 2.90. The van der Waals surface area contributed by atoms with Crippen LogP contribution in [0.3, 0.4) is 0 Å². The van der Waals surface area contributed by atoms with Crippen LogP contribution in [0.15, 0.2) is 18.2 Å². The Kier molecular flexibility index (Phi) is 4.25. The summed E-state index contributed by atoms with van der Waals surface area (Å²) in [5, 5.41) is 2.57. The van der Waals surface area contributed by atoms with Gasteiger partial charge in [0.1, 0.15) is 11.6 Å². The first-order chi connectivity index (χ1) is 7.54. The molecule has 88 valence electrons. The molecule has 1 amide bonds. The third kappa shape index (κ3) is 3.20. The summed E-state index contributed by atoms with van der Waals surface area (Å²) in [6.07, 6.45) is 0. The highest BCUT2D eigenvalue weighted by Gasteiger charge is 2.11. The van der Waals surface area contributed by atoms with Crippen LogP contribution in [0.5, 0.6) is 5.75 Å². The van der Waals surface area contributed by atoms with Crippen molar-refractivity contribution in [3.8, 4) is 5.75 Å². The third-order valence-electron chi connectivity index (χ3n) is 1.91. The Labute approximate surface area is 93.6 Å². The van der Waals surface area contributed by atoms with Gasteiger partial charge in [-0.15, -0.1) is 0 Å². The zero-order chi connectivity index (χ0) is 12.1. The van der Waals surface area contributed by atoms with Crippen LogP contribution >= 0.6 is 0 Å². The first kappa shape index (κ1) is 12.4. The minimum Gasteiger partial charge on any atom is -0.492 e. The molecule has 0 bridgehead atoms. The quantitative estimate of drug-likeness (QED) is 0.817. The standard InChI is InChI=1S/C11H15FN2O2/c1-3-16-10-6-8(12)4-5-9(10)14-11(15)7(2)13/h4-7H,3,13H2,1-2H3,(H,14,15)/t7-/m1/s1. The van der Waals surface area contributed by atoms with Gasteiger partial charge in [-0.05, 0) is 26.0 Å². The van der Waals surface area contributed by atoms with E-state index in [1.54, 1.807) is 13.8 Å². The van der Waals surface area contributed by atoms with E-state index >= 15 is 0 Å². The largest absolute Gasteiger partial charge is 0.492 e. The van der Waals surface area contributed by atoms with E-state index in [1.807, 2.05) is 0 Å². The maximum atomic E-state index is 12.9. The number of hydrogen-bond acceptors (Lipinski definition) is 3. The lowest BCUT2D eigenvalue weighted by Gasteiger charge is -2.12. The molecule has 5 heteroatoms. The Morgan fingerprint density at radius 3 is 2.88 bits per heavy atom. The fourth-order valence-electron chi connectivity index (χ4n) is 1.12. The summed E-state index contributed by atoms with van der Waals surface area (Å²) in [7, 11) is 0. The summed E-state index contributed by atoms with van der Waals surface area (Å²) in [5.74, 6) is -0.452. The molecule has 0 saturated heterocycles. The number of carbonyl (C=O) groups excluding carboxylic acids is 1. The number of hydrogen-bond donors (Lipinski definition) is 2. The van der Waals surface area contributed by atoms with Gasteiger partial charge in [0.15, 0.2) is 0 Å². The highest BCUT2D eigenvalue weighted by atomic mass is 19.1. The maximum absolute atomic E-state index is 12.9. The van der Waals surface area contributed by atoms with E-state index in [0.29, 0.717) is 18.0 Å². The average Bonchev–Trinajstić information content (AvgIpc) is 2.22. The van der Waals surface area contributed by atoms with Gasteiger partial charge in [0.25, 0.3) is 0 Å². The zero-order valence-corrected chi connectivity index (χ0v) is 9.29. The molecule has 0 aliphatic heterocycles. The molecule has 1 atom stereocenters. The van der Waals surface area contributed by atoms with Gasteiger partial charge in [-0.3, -0.25) is 4.79 Å². The Bertz CT molecular complexity index is 380. The minimum atomic E-state index is -0.625. The van der Waals surface area contributed by atoms with E-state index in [1.165, 1.54) is 18.2 Å². The van der Waals surface area contributed by atoms with Crippen LogP contribution in [0, 0.1) is 5.82 Å². The number of amides is 1. The molecule has 0 saturated carbocycles. The van der Waals surface area contributed by atoms with Crippen molar-refractivity contribution < 1.29 is 13.9 Å². The number of carbonyl (C=O) groups is 1. The normalized spacial score (nSPS) is 12.0. The van der Waals surface area contributed by atoms with E-state index in [0.717, 1.165) is 0 Å². The van der Waals surface area contributed by atoms with Gasteiger partial charge in [-0.1, -0.05) is 0 Å². The van der Waals surface area contributed by atoms with Crippen molar-refractivity contribution in [3.05, 3.63) is 24.0 Å². The second-order valence-corrected chi connectivity index (χ2v) is 3.35. The summed E-state index contributed by atoms with van der Waals surface area (Å²) in [4.78, 5) is 11.4. The number of halogens is 1. The molecular formula is C11H15FN2O2. The van der Waals surface area contributed by atoms with Gasteiger partial charge in [0.05, 0.1) is 18.3 Å². The predicted octanol–water partition coefficient (Wildman–Crippen LogP) is 1.51. The summed E-state index contributed by atoms with van der Waals surface area (Å²) >= 11 is 0. The van der Waals surface area contributed by atoms with Crippen molar-refractivity contribution in [2.24, 2.45) is 5.73 Å². The molecule has 0 aromatic heterocycles. The Morgan fingerprint density at radius 2 is 2.31 bits per heavy atom. The summed E-state index contributed by atoms with van der Waals surface area (Å²) in [6, 6.07) is 3.29. The van der Waals surface area contributed by atoms with Gasteiger partial charge >= 0.3 is 0 Å². The van der Waals surface area contributed by atoms with Crippen LogP contribution in [-0.4, -0.2) is 18.6 Å². The lowest BCUT2D eigenvalue weighted by molar-refractivity contribution is -0.117. The van der Waals surface area contributed by atoms with Gasteiger partial charge in [0, 0.05) is 6.07 Å². The van der Waals surface area contributed by atoms with Crippen molar-refractivity contribution in [1.29, 1.82) is 0 Å². The van der Waals surface area contributed by atoms with Crippen LogP contribution in [0.1, 0.15) is 13.8 Å². The number of benzene rings is 1. The van der Waals surface area contributed by atoms with Crippen molar-refractivity contribution in [1.82, 2.24) is 0 Å². The van der Waals surface area contributed by atoms with E-state index in [4.69, 9.17) is 10.5 Å². The number of rotatable bonds is 4. The van der Waals surface area contributed by atoms with Crippen LogP contribution in [0.2, 0.25) is 0 Å². The number of ether oxygens (including phenoxy) is 1. The first-order valence-electron chi connectivity index (χ1n) is 5.03. The highest BCUT2D eigenvalue weighted by molar-refractivity contribution is 5.95. The van der Waals surface area contributed by atoms with Crippen LogP contribution in [0.4, 0.5) is 10.1 Å². The number of nitrogens with two attached hydrogens (primary N) is 1. The van der Waals surface area contributed by atoms with E-state index in [2.05, 4.69) is 5.32 Å². The van der Waals surface area contributed by atoms with Crippen LogP contribution in [0.25, 0.3) is 0 Å². The van der Waals surface area contributed by atoms with Gasteiger partial charge in [0.2, 0.25) is 5.91 Å². The monoisotopic (exact) mass is 226 g/mol. The molecule has 1 rings (SSSR count). The molecule has 0 radical (unpaired) electrons. The molecule has 1 aromatic carbocycles. The molecule has 0 aliphatic carbocycles. The van der Waals surface area contributed by atoms with Crippen LogP contribution < -0.4 is 15.8 Å². The lowest BCUT2D eigenvalue weighted by atomic mass is 10.2. The van der Waals surface area contributed by atoms with Gasteiger partial charge in [-0.2, -0.15) is 0 Å². The van der Waals surface area contributed by atoms with E-state index in [9.17, 15) is 9.18 Å². The molecule has 0 heterocycles. The maximum Gasteiger partial charge on any atom is 0.241 e.